The number of alkyl halides is 3. The number of sulfonamides is 1. The van der Waals surface area contributed by atoms with Gasteiger partial charge in [-0.1, -0.05) is 11.2 Å². The number of halogens is 3. The molecule has 1 unspecified atom stereocenters. The lowest BCUT2D eigenvalue weighted by Crippen LogP contribution is -2.45. The molecule has 0 amide bonds. The minimum absolute atomic E-state index is 0.00605. The van der Waals surface area contributed by atoms with Crippen molar-refractivity contribution < 1.29 is 40.8 Å². The molecule has 3 N–H and O–H groups in total. The van der Waals surface area contributed by atoms with Gasteiger partial charge >= 0.3 is 12.1 Å². The summed E-state index contributed by atoms with van der Waals surface area (Å²) in [5.41, 5.74) is 8.84. The molecule has 0 aliphatic carbocycles. The van der Waals surface area contributed by atoms with E-state index in [2.05, 4.69) is 14.9 Å². The summed E-state index contributed by atoms with van der Waals surface area (Å²) in [6, 6.07) is 6.30. The topological polar surface area (TPSA) is 149 Å². The summed E-state index contributed by atoms with van der Waals surface area (Å²) in [4.78, 5) is 15.2. The average molecular weight is 541 g/mol. The first-order valence-corrected chi connectivity index (χ1v) is 12.5. The molecule has 1 aromatic carbocycles. The van der Waals surface area contributed by atoms with Crippen molar-refractivity contribution >= 4 is 21.8 Å². The Morgan fingerprint density at radius 2 is 1.97 bits per heavy atom. The van der Waals surface area contributed by atoms with Gasteiger partial charge in [0.25, 0.3) is 0 Å². The molecule has 3 heterocycles. The van der Waals surface area contributed by atoms with Crippen LogP contribution in [-0.4, -0.2) is 59.0 Å². The molecule has 3 aromatic rings. The number of anilines is 1. The predicted molar refractivity (Wildman–Crippen MR) is 124 cm³/mol. The largest absolute Gasteiger partial charge is 0.491 e. The Labute approximate surface area is 209 Å². The number of aryl methyl sites for hydroxylation is 2. The summed E-state index contributed by atoms with van der Waals surface area (Å²) in [5.74, 6) is -2.04. The Morgan fingerprint density at radius 3 is 2.62 bits per heavy atom. The number of esters is 1. The van der Waals surface area contributed by atoms with E-state index in [1.54, 1.807) is 32.0 Å². The molecule has 10 nitrogen and oxygen atoms in total. The number of nitrogens with two attached hydrogens (primary N) is 1. The van der Waals surface area contributed by atoms with E-state index in [1.165, 1.54) is 18.3 Å². The van der Waals surface area contributed by atoms with Gasteiger partial charge in [-0.2, -0.15) is 17.5 Å². The van der Waals surface area contributed by atoms with E-state index in [-0.39, 0.29) is 30.1 Å². The zero-order valence-electron chi connectivity index (χ0n) is 19.7. The van der Waals surface area contributed by atoms with Crippen LogP contribution in [0, 0.1) is 13.8 Å². The highest BCUT2D eigenvalue weighted by Crippen LogP contribution is 2.35. The van der Waals surface area contributed by atoms with Crippen LogP contribution in [0.2, 0.25) is 0 Å². The molecule has 1 aliphatic rings. The van der Waals surface area contributed by atoms with E-state index in [0.29, 0.717) is 33.7 Å². The quantitative estimate of drug-likeness (QED) is 0.355. The standard InChI is InChI=1S/C23H23F3N4O6S/c1-12-5-6-15(10-16(12)14-9-17(20(27)28-11-14)19-8-13(2)29-36-19)37(33,34)30-7-3-4-18(30)21(31)35-22(32)23(24,25)26/h5-6,8-11,18,21,31H,3-4,7H2,1-2H3,(H2,27,28)/t18-,21?/m0/s1. The normalized spacial score (nSPS) is 17.6. The van der Waals surface area contributed by atoms with Crippen molar-refractivity contribution in [2.24, 2.45) is 0 Å². The molecule has 37 heavy (non-hydrogen) atoms. The third-order valence-corrected chi connectivity index (χ3v) is 7.90. The first kappa shape index (κ1) is 26.6. The van der Waals surface area contributed by atoms with Gasteiger partial charge in [-0.05, 0) is 56.0 Å². The number of nitrogens with zero attached hydrogens (tertiary/aromatic N) is 3. The molecule has 1 aliphatic heterocycles. The fourth-order valence-electron chi connectivity index (χ4n) is 4.12. The number of nitrogen functional groups attached to an aromatic ring is 1. The lowest BCUT2D eigenvalue weighted by molar-refractivity contribution is -0.223. The molecule has 1 fully saturated rings. The summed E-state index contributed by atoms with van der Waals surface area (Å²) < 4.78 is 74.8. The van der Waals surface area contributed by atoms with Gasteiger partial charge < -0.3 is 20.1 Å². The predicted octanol–water partition coefficient (Wildman–Crippen LogP) is 3.18. The van der Waals surface area contributed by atoms with Crippen LogP contribution < -0.4 is 5.73 Å². The zero-order valence-corrected chi connectivity index (χ0v) is 20.5. The molecular weight excluding hydrogens is 517 g/mol. The smallest absolute Gasteiger partial charge is 0.428 e. The van der Waals surface area contributed by atoms with Crippen LogP contribution in [0.5, 0.6) is 0 Å². The van der Waals surface area contributed by atoms with Gasteiger partial charge in [0.1, 0.15) is 5.82 Å². The van der Waals surface area contributed by atoms with Gasteiger partial charge in [0.2, 0.25) is 16.3 Å². The lowest BCUT2D eigenvalue weighted by Gasteiger charge is -2.28. The maximum Gasteiger partial charge on any atom is 0.491 e. The van der Waals surface area contributed by atoms with Gasteiger partial charge in [-0.3, -0.25) is 0 Å². The van der Waals surface area contributed by atoms with E-state index >= 15 is 0 Å². The summed E-state index contributed by atoms with van der Waals surface area (Å²) in [5, 5.41) is 14.0. The van der Waals surface area contributed by atoms with Gasteiger partial charge in [0.15, 0.2) is 5.76 Å². The molecule has 198 valence electrons. The third kappa shape index (κ3) is 5.31. The number of hydrogen-bond acceptors (Lipinski definition) is 9. The SMILES string of the molecule is Cc1cc(-c2cc(-c3cc(S(=O)(=O)N4CCC[C@H]4C(O)OC(=O)C(F)(F)F)ccc3C)cnc2N)on1. The van der Waals surface area contributed by atoms with Gasteiger partial charge in [-0.15, -0.1) is 0 Å². The number of rotatable bonds is 6. The van der Waals surface area contributed by atoms with Crippen molar-refractivity contribution in [1.29, 1.82) is 0 Å². The lowest BCUT2D eigenvalue weighted by atomic mass is 10.00. The van der Waals surface area contributed by atoms with Crippen LogP contribution in [0.3, 0.4) is 0 Å². The Kier molecular flexibility index (Phi) is 7.01. The molecule has 0 spiro atoms. The number of pyridine rings is 1. The maximum atomic E-state index is 13.5. The molecule has 2 aromatic heterocycles. The Morgan fingerprint density at radius 1 is 1.24 bits per heavy atom. The van der Waals surface area contributed by atoms with Crippen molar-refractivity contribution in [3.63, 3.8) is 0 Å². The van der Waals surface area contributed by atoms with Crippen molar-refractivity contribution in [3.05, 3.63) is 47.8 Å². The van der Waals surface area contributed by atoms with Crippen molar-refractivity contribution in [1.82, 2.24) is 14.4 Å². The second-order valence-corrected chi connectivity index (χ2v) is 10.5. The van der Waals surface area contributed by atoms with E-state index in [0.717, 1.165) is 4.31 Å². The van der Waals surface area contributed by atoms with Crippen LogP contribution >= 0.6 is 0 Å². The van der Waals surface area contributed by atoms with Crippen molar-refractivity contribution in [2.45, 2.75) is 50.1 Å². The summed E-state index contributed by atoms with van der Waals surface area (Å²) in [6.07, 6.45) is -5.88. The zero-order chi connectivity index (χ0) is 27.1. The number of aromatic nitrogens is 2. The summed E-state index contributed by atoms with van der Waals surface area (Å²) >= 11 is 0. The average Bonchev–Trinajstić information content (AvgIpc) is 3.49. The van der Waals surface area contributed by atoms with E-state index in [1.807, 2.05) is 0 Å². The van der Waals surface area contributed by atoms with Crippen LogP contribution in [0.4, 0.5) is 19.0 Å². The first-order chi connectivity index (χ1) is 17.3. The van der Waals surface area contributed by atoms with Crippen LogP contribution in [0.15, 0.2) is 45.9 Å². The highest BCUT2D eigenvalue weighted by Gasteiger charge is 2.46. The molecule has 0 bridgehead atoms. The van der Waals surface area contributed by atoms with Crippen molar-refractivity contribution in [2.75, 3.05) is 12.3 Å². The third-order valence-electron chi connectivity index (χ3n) is 5.98. The van der Waals surface area contributed by atoms with Crippen molar-refractivity contribution in [3.8, 4) is 22.5 Å². The number of benzene rings is 1. The minimum Gasteiger partial charge on any atom is -0.428 e. The van der Waals surface area contributed by atoms with E-state index < -0.39 is 34.5 Å². The number of aliphatic hydroxyl groups excluding tert-OH is 1. The number of carbonyl (C=O) groups is 1. The minimum atomic E-state index is -5.33. The molecule has 2 atom stereocenters. The Hall–Kier alpha value is -3.49. The summed E-state index contributed by atoms with van der Waals surface area (Å²) in [7, 11) is -4.29. The fourth-order valence-corrected chi connectivity index (χ4v) is 5.84. The maximum absolute atomic E-state index is 13.5. The number of aliphatic hydroxyl groups is 1. The van der Waals surface area contributed by atoms with Gasteiger partial charge in [-0.25, -0.2) is 18.2 Å². The molecule has 1 saturated heterocycles. The van der Waals surface area contributed by atoms with Gasteiger partial charge in [0.05, 0.1) is 22.2 Å². The molecular formula is C23H23F3N4O6S. The Balaban J connectivity index is 1.67. The van der Waals surface area contributed by atoms with Crippen LogP contribution in [-0.2, 0) is 19.6 Å². The molecule has 0 radical (unpaired) electrons. The van der Waals surface area contributed by atoms with Crippen LogP contribution in [0.1, 0.15) is 24.1 Å². The van der Waals surface area contributed by atoms with E-state index in [4.69, 9.17) is 10.3 Å². The molecule has 14 heteroatoms. The Bertz CT molecular complexity index is 1440. The number of ether oxygens (including phenoxy) is 1. The highest BCUT2D eigenvalue weighted by molar-refractivity contribution is 7.89. The van der Waals surface area contributed by atoms with Crippen LogP contribution in [0.25, 0.3) is 22.5 Å². The fraction of sp³-hybridized carbons (Fsp3) is 0.348. The second kappa shape index (κ2) is 9.76. The first-order valence-electron chi connectivity index (χ1n) is 11.1. The second-order valence-electron chi connectivity index (χ2n) is 8.59. The molecule has 4 rings (SSSR count). The molecule has 0 saturated carbocycles. The highest BCUT2D eigenvalue weighted by atomic mass is 32.2. The number of hydrogen-bond donors (Lipinski definition) is 2. The summed E-state index contributed by atoms with van der Waals surface area (Å²) in [6.45, 7) is 3.43. The van der Waals surface area contributed by atoms with Gasteiger partial charge in [0, 0.05) is 24.4 Å². The number of carbonyl (C=O) groups excluding carboxylic acids is 1. The van der Waals surface area contributed by atoms with E-state index in [9.17, 15) is 31.5 Å². The monoisotopic (exact) mass is 540 g/mol.